The first-order valence-electron chi connectivity index (χ1n) is 5.17. The molecule has 6 nitrogen and oxygen atoms in total. The highest BCUT2D eigenvalue weighted by Crippen LogP contribution is 2.20. The van der Waals surface area contributed by atoms with Crippen molar-refractivity contribution in [2.45, 2.75) is 19.9 Å². The van der Waals surface area contributed by atoms with Crippen LogP contribution in [0.25, 0.3) is 0 Å². The zero-order valence-electron chi connectivity index (χ0n) is 9.64. The molecule has 1 atom stereocenters. The number of aryl methyl sites for hydroxylation is 1. The van der Waals surface area contributed by atoms with Crippen molar-refractivity contribution >= 4 is 23.1 Å². The number of rotatable bonds is 4. The maximum Gasteiger partial charge on any atom is 0.239 e. The normalized spacial score (nSPS) is 12.2. The minimum absolute atomic E-state index is 0.106. The fourth-order valence-corrected chi connectivity index (χ4v) is 2.08. The first kappa shape index (κ1) is 11.7. The highest BCUT2D eigenvalue weighted by molar-refractivity contribution is 7.09. The molecule has 1 unspecified atom stereocenters. The number of nitrogens with zero attached hydrogens (tertiary/aromatic N) is 3. The zero-order valence-corrected chi connectivity index (χ0v) is 10.5. The van der Waals surface area contributed by atoms with E-state index in [-0.39, 0.29) is 6.04 Å². The fourth-order valence-electron chi connectivity index (χ4n) is 1.44. The molecule has 0 fully saturated rings. The lowest BCUT2D eigenvalue weighted by atomic mass is 10.3. The molecule has 90 valence electrons. The Balaban J connectivity index is 2.15. The van der Waals surface area contributed by atoms with Gasteiger partial charge in [-0.2, -0.15) is 4.98 Å². The molecule has 0 aliphatic heterocycles. The van der Waals surface area contributed by atoms with Gasteiger partial charge < -0.3 is 5.32 Å². The van der Waals surface area contributed by atoms with Gasteiger partial charge in [0.15, 0.2) is 0 Å². The first-order chi connectivity index (χ1) is 8.19. The first-order valence-corrected chi connectivity index (χ1v) is 6.05. The van der Waals surface area contributed by atoms with Gasteiger partial charge in [0.2, 0.25) is 5.95 Å². The molecule has 0 spiro atoms. The summed E-state index contributed by atoms with van der Waals surface area (Å²) in [6.07, 6.45) is 1.79. The van der Waals surface area contributed by atoms with Crippen molar-refractivity contribution in [1.82, 2.24) is 15.0 Å². The molecule has 0 aromatic carbocycles. The van der Waals surface area contributed by atoms with E-state index < -0.39 is 0 Å². The van der Waals surface area contributed by atoms with E-state index in [1.807, 2.05) is 25.3 Å². The van der Waals surface area contributed by atoms with Crippen LogP contribution in [-0.2, 0) is 0 Å². The maximum absolute atomic E-state index is 5.30. The molecule has 2 aromatic rings. The quantitative estimate of drug-likeness (QED) is 0.565. The molecule has 2 aromatic heterocycles. The van der Waals surface area contributed by atoms with E-state index in [0.29, 0.717) is 5.95 Å². The molecule has 4 N–H and O–H groups in total. The van der Waals surface area contributed by atoms with Gasteiger partial charge in [-0.15, -0.1) is 11.3 Å². The van der Waals surface area contributed by atoms with Gasteiger partial charge in [-0.25, -0.2) is 15.8 Å². The van der Waals surface area contributed by atoms with Gasteiger partial charge >= 0.3 is 0 Å². The van der Waals surface area contributed by atoms with Gasteiger partial charge in [0.25, 0.3) is 0 Å². The standard InChI is InChI=1S/C10H14N6S/c1-6-5-8(15-10(13-6)16-11)14-7(2)9-12-3-4-17-9/h3-5,7H,11H2,1-2H3,(H2,13,14,15,16). The number of nitrogen functional groups attached to an aromatic ring is 1. The monoisotopic (exact) mass is 250 g/mol. The van der Waals surface area contributed by atoms with E-state index in [1.54, 1.807) is 17.5 Å². The summed E-state index contributed by atoms with van der Waals surface area (Å²) in [5.74, 6) is 6.43. The predicted octanol–water partition coefficient (Wildman–Crippen LogP) is 1.70. The van der Waals surface area contributed by atoms with E-state index in [0.717, 1.165) is 16.5 Å². The van der Waals surface area contributed by atoms with Gasteiger partial charge in [-0.3, -0.25) is 5.43 Å². The zero-order chi connectivity index (χ0) is 12.3. The van der Waals surface area contributed by atoms with Crippen molar-refractivity contribution in [3.63, 3.8) is 0 Å². The molecule has 0 saturated carbocycles. The van der Waals surface area contributed by atoms with Crippen LogP contribution in [0.5, 0.6) is 0 Å². The topological polar surface area (TPSA) is 88.8 Å². The summed E-state index contributed by atoms with van der Waals surface area (Å²) in [4.78, 5) is 12.6. The summed E-state index contributed by atoms with van der Waals surface area (Å²) >= 11 is 1.61. The lowest BCUT2D eigenvalue weighted by Gasteiger charge is -2.12. The number of nitrogens with two attached hydrogens (primary N) is 1. The minimum Gasteiger partial charge on any atom is -0.361 e. The average Bonchev–Trinajstić information content (AvgIpc) is 2.81. The lowest BCUT2D eigenvalue weighted by Crippen LogP contribution is -2.14. The van der Waals surface area contributed by atoms with Crippen LogP contribution in [0, 0.1) is 6.92 Å². The molecule has 0 bridgehead atoms. The van der Waals surface area contributed by atoms with Crippen LogP contribution >= 0.6 is 11.3 Å². The smallest absolute Gasteiger partial charge is 0.239 e. The van der Waals surface area contributed by atoms with Gasteiger partial charge in [-0.1, -0.05) is 0 Å². The summed E-state index contributed by atoms with van der Waals surface area (Å²) in [5.41, 5.74) is 3.29. The van der Waals surface area contributed by atoms with E-state index in [2.05, 4.69) is 25.7 Å². The van der Waals surface area contributed by atoms with Crippen molar-refractivity contribution < 1.29 is 0 Å². The van der Waals surface area contributed by atoms with Crippen LogP contribution in [0.3, 0.4) is 0 Å². The number of aromatic nitrogens is 3. The summed E-state index contributed by atoms with van der Waals surface area (Å²) in [7, 11) is 0. The Bertz CT molecular complexity index is 484. The van der Waals surface area contributed by atoms with Gasteiger partial charge in [0, 0.05) is 23.3 Å². The summed E-state index contributed by atoms with van der Waals surface area (Å²) in [6, 6.07) is 1.97. The molecule has 7 heteroatoms. The van der Waals surface area contributed by atoms with E-state index in [4.69, 9.17) is 5.84 Å². The second-order valence-corrected chi connectivity index (χ2v) is 4.53. The van der Waals surface area contributed by atoms with Gasteiger partial charge in [0.05, 0.1) is 6.04 Å². The van der Waals surface area contributed by atoms with E-state index in [9.17, 15) is 0 Å². The third-order valence-corrected chi connectivity index (χ3v) is 3.13. The van der Waals surface area contributed by atoms with Gasteiger partial charge in [-0.05, 0) is 13.8 Å². The van der Waals surface area contributed by atoms with Crippen molar-refractivity contribution in [2.24, 2.45) is 5.84 Å². The van der Waals surface area contributed by atoms with Crippen LogP contribution in [0.1, 0.15) is 23.7 Å². The summed E-state index contributed by atoms with van der Waals surface area (Å²) in [5, 5.41) is 6.23. The Hall–Kier alpha value is -1.73. The Kier molecular flexibility index (Phi) is 3.50. The summed E-state index contributed by atoms with van der Waals surface area (Å²) in [6.45, 7) is 3.92. The molecule has 17 heavy (non-hydrogen) atoms. The van der Waals surface area contributed by atoms with Crippen LogP contribution in [0.4, 0.5) is 11.8 Å². The number of hydrogen-bond donors (Lipinski definition) is 3. The van der Waals surface area contributed by atoms with Crippen LogP contribution in [-0.4, -0.2) is 15.0 Å². The third-order valence-electron chi connectivity index (χ3n) is 2.17. The SMILES string of the molecule is Cc1cc(NC(C)c2nccs2)nc(NN)n1. The number of hydrazine groups is 1. The molecule has 0 saturated heterocycles. The molecular formula is C10H14N6S. The minimum atomic E-state index is 0.106. The largest absolute Gasteiger partial charge is 0.361 e. The Morgan fingerprint density at radius 3 is 2.88 bits per heavy atom. The highest BCUT2D eigenvalue weighted by atomic mass is 32.1. The molecule has 2 heterocycles. The van der Waals surface area contributed by atoms with Crippen molar-refractivity contribution in [1.29, 1.82) is 0 Å². The Morgan fingerprint density at radius 2 is 2.24 bits per heavy atom. The lowest BCUT2D eigenvalue weighted by molar-refractivity contribution is 0.857. The van der Waals surface area contributed by atoms with Gasteiger partial charge in [0.1, 0.15) is 10.8 Å². The second-order valence-electron chi connectivity index (χ2n) is 3.60. The van der Waals surface area contributed by atoms with E-state index in [1.165, 1.54) is 0 Å². The highest BCUT2D eigenvalue weighted by Gasteiger charge is 2.09. The van der Waals surface area contributed by atoms with Crippen molar-refractivity contribution in [2.75, 3.05) is 10.7 Å². The second kappa shape index (κ2) is 5.07. The Labute approximate surface area is 103 Å². The maximum atomic E-state index is 5.30. The summed E-state index contributed by atoms with van der Waals surface area (Å²) < 4.78 is 0. The third kappa shape index (κ3) is 2.89. The Morgan fingerprint density at radius 1 is 1.41 bits per heavy atom. The number of nitrogens with one attached hydrogen (secondary N) is 2. The fraction of sp³-hybridized carbons (Fsp3) is 0.300. The molecule has 0 aliphatic carbocycles. The number of hydrogen-bond acceptors (Lipinski definition) is 7. The molecule has 2 rings (SSSR count). The van der Waals surface area contributed by atoms with Crippen molar-refractivity contribution in [3.8, 4) is 0 Å². The molecule has 0 amide bonds. The van der Waals surface area contributed by atoms with Crippen LogP contribution in [0.15, 0.2) is 17.6 Å². The molecular weight excluding hydrogens is 236 g/mol. The van der Waals surface area contributed by atoms with E-state index >= 15 is 0 Å². The molecule has 0 radical (unpaired) electrons. The van der Waals surface area contributed by atoms with Crippen molar-refractivity contribution in [3.05, 3.63) is 28.3 Å². The predicted molar refractivity (Wildman–Crippen MR) is 68.7 cm³/mol. The number of anilines is 2. The van der Waals surface area contributed by atoms with Crippen LogP contribution in [0.2, 0.25) is 0 Å². The molecule has 0 aliphatic rings. The average molecular weight is 250 g/mol. The van der Waals surface area contributed by atoms with Crippen LogP contribution < -0.4 is 16.6 Å². The number of thiazole rings is 1.